The molecular formula is C18H14O5S. The van der Waals surface area contributed by atoms with E-state index >= 15 is 0 Å². The zero-order valence-electron chi connectivity index (χ0n) is 13.0. The summed E-state index contributed by atoms with van der Waals surface area (Å²) in [5, 5.41) is 30.6. The van der Waals surface area contributed by atoms with Crippen molar-refractivity contribution in [3.05, 3.63) is 50.9 Å². The number of phenols is 3. The largest absolute Gasteiger partial charge is 0.508 e. The van der Waals surface area contributed by atoms with Gasteiger partial charge in [0.1, 0.15) is 5.75 Å². The molecule has 2 aromatic carbocycles. The Balaban J connectivity index is 2.08. The third-order valence-corrected chi connectivity index (χ3v) is 5.51. The van der Waals surface area contributed by atoms with Gasteiger partial charge in [-0.1, -0.05) is 11.8 Å². The Kier molecular flexibility index (Phi) is 3.08. The van der Waals surface area contributed by atoms with E-state index in [1.54, 1.807) is 13.0 Å². The highest BCUT2D eigenvalue weighted by Crippen LogP contribution is 2.48. The molecule has 2 heterocycles. The van der Waals surface area contributed by atoms with Crippen molar-refractivity contribution in [1.29, 1.82) is 0 Å². The van der Waals surface area contributed by atoms with Crippen LogP contribution in [0.4, 0.5) is 0 Å². The molecule has 3 N–H and O–H groups in total. The van der Waals surface area contributed by atoms with Gasteiger partial charge in [0.05, 0.1) is 5.56 Å². The topological polar surface area (TPSA) is 90.9 Å². The van der Waals surface area contributed by atoms with Crippen LogP contribution in [-0.4, -0.2) is 15.3 Å². The van der Waals surface area contributed by atoms with E-state index in [4.69, 9.17) is 4.42 Å². The minimum atomic E-state index is -0.573. The molecule has 0 fully saturated rings. The predicted molar refractivity (Wildman–Crippen MR) is 90.3 cm³/mol. The third kappa shape index (κ3) is 1.99. The van der Waals surface area contributed by atoms with Crippen molar-refractivity contribution >= 4 is 22.7 Å². The molecule has 5 nitrogen and oxygen atoms in total. The van der Waals surface area contributed by atoms with Crippen LogP contribution in [-0.2, 0) is 6.42 Å². The molecule has 122 valence electrons. The lowest BCUT2D eigenvalue weighted by atomic mass is 10.00. The highest BCUT2D eigenvalue weighted by Gasteiger charge is 2.27. The molecule has 24 heavy (non-hydrogen) atoms. The Labute approximate surface area is 141 Å². The van der Waals surface area contributed by atoms with Gasteiger partial charge in [-0.25, -0.2) is 4.79 Å². The van der Waals surface area contributed by atoms with E-state index in [0.717, 1.165) is 10.5 Å². The lowest BCUT2D eigenvalue weighted by Crippen LogP contribution is -2.14. The monoisotopic (exact) mass is 342 g/mol. The molecule has 0 spiro atoms. The van der Waals surface area contributed by atoms with Gasteiger partial charge < -0.3 is 19.7 Å². The summed E-state index contributed by atoms with van der Waals surface area (Å²) in [7, 11) is 0. The van der Waals surface area contributed by atoms with Gasteiger partial charge in [0.25, 0.3) is 0 Å². The van der Waals surface area contributed by atoms with Crippen molar-refractivity contribution in [2.75, 3.05) is 0 Å². The molecule has 0 unspecified atom stereocenters. The van der Waals surface area contributed by atoms with Gasteiger partial charge >= 0.3 is 5.63 Å². The van der Waals surface area contributed by atoms with Crippen LogP contribution in [0, 0.1) is 13.8 Å². The first-order valence-corrected chi connectivity index (χ1v) is 8.20. The fraction of sp³-hybridized carbons (Fsp3) is 0.167. The van der Waals surface area contributed by atoms with E-state index < -0.39 is 11.4 Å². The molecule has 0 amide bonds. The van der Waals surface area contributed by atoms with Crippen LogP contribution in [0.1, 0.15) is 22.3 Å². The second kappa shape index (κ2) is 4.95. The number of hydrogen-bond donors (Lipinski definition) is 3. The number of benzene rings is 2. The van der Waals surface area contributed by atoms with E-state index in [1.165, 1.54) is 17.8 Å². The summed E-state index contributed by atoms with van der Waals surface area (Å²) >= 11 is 1.37. The van der Waals surface area contributed by atoms with Crippen LogP contribution in [0.15, 0.2) is 37.2 Å². The maximum absolute atomic E-state index is 12.4. The summed E-state index contributed by atoms with van der Waals surface area (Å²) in [6.45, 7) is 3.67. The first kappa shape index (κ1) is 15.0. The van der Waals surface area contributed by atoms with Crippen molar-refractivity contribution in [1.82, 2.24) is 0 Å². The fourth-order valence-electron chi connectivity index (χ4n) is 3.12. The van der Waals surface area contributed by atoms with E-state index in [2.05, 4.69) is 0 Å². The van der Waals surface area contributed by atoms with E-state index in [1.807, 2.05) is 13.0 Å². The fourth-order valence-corrected chi connectivity index (χ4v) is 4.52. The summed E-state index contributed by atoms with van der Waals surface area (Å²) in [5.74, 6) is -0.597. The predicted octanol–water partition coefficient (Wildman–Crippen LogP) is 3.58. The lowest BCUT2D eigenvalue weighted by Gasteiger charge is -2.21. The molecule has 0 radical (unpaired) electrons. The summed E-state index contributed by atoms with van der Waals surface area (Å²) < 4.78 is 5.27. The lowest BCUT2D eigenvalue weighted by molar-refractivity contribution is 0.396. The third-order valence-electron chi connectivity index (χ3n) is 4.27. The summed E-state index contributed by atoms with van der Waals surface area (Å²) in [6, 6.07) is 5.07. The van der Waals surface area contributed by atoms with Crippen molar-refractivity contribution in [2.24, 2.45) is 0 Å². The first-order valence-electron chi connectivity index (χ1n) is 7.38. The molecule has 1 aliphatic heterocycles. The smallest absolute Gasteiger partial charge is 0.341 e. The first-order chi connectivity index (χ1) is 11.4. The highest BCUT2D eigenvalue weighted by molar-refractivity contribution is 7.99. The van der Waals surface area contributed by atoms with Crippen LogP contribution in [0.5, 0.6) is 17.2 Å². The average Bonchev–Trinajstić information content (AvgIpc) is 2.51. The summed E-state index contributed by atoms with van der Waals surface area (Å²) in [5.41, 5.74) is 2.19. The molecule has 0 saturated carbocycles. The van der Waals surface area contributed by atoms with Crippen molar-refractivity contribution in [2.45, 2.75) is 30.1 Å². The van der Waals surface area contributed by atoms with Crippen LogP contribution in [0.3, 0.4) is 0 Å². The molecule has 6 heteroatoms. The van der Waals surface area contributed by atoms with Gasteiger partial charge in [-0.2, -0.15) is 0 Å². The van der Waals surface area contributed by atoms with Crippen molar-refractivity contribution < 1.29 is 19.7 Å². The average molecular weight is 342 g/mol. The van der Waals surface area contributed by atoms with Gasteiger partial charge in [0, 0.05) is 27.2 Å². The minimum Gasteiger partial charge on any atom is -0.508 e. The number of hydrogen-bond acceptors (Lipinski definition) is 6. The Morgan fingerprint density at radius 1 is 1.04 bits per heavy atom. The highest BCUT2D eigenvalue weighted by atomic mass is 32.2. The SMILES string of the molecule is Cc1cc(O)c2c(c1)Sc1c(c(=O)oc3c(O)c(O)cc(C)c13)C2. The Bertz CT molecular complexity index is 1080. The minimum absolute atomic E-state index is 0.0101. The molecule has 0 bridgehead atoms. The van der Waals surface area contributed by atoms with E-state index in [-0.39, 0.29) is 23.5 Å². The Morgan fingerprint density at radius 3 is 2.54 bits per heavy atom. The molecule has 0 aliphatic carbocycles. The molecule has 1 aromatic heterocycles. The molecule has 4 rings (SSSR count). The van der Waals surface area contributed by atoms with Crippen LogP contribution in [0.2, 0.25) is 0 Å². The summed E-state index contributed by atoms with van der Waals surface area (Å²) in [4.78, 5) is 14.0. The molecule has 0 atom stereocenters. The number of rotatable bonds is 0. The second-order valence-corrected chi connectivity index (χ2v) is 7.05. The molecular weight excluding hydrogens is 328 g/mol. The normalized spacial score (nSPS) is 12.9. The summed E-state index contributed by atoms with van der Waals surface area (Å²) in [6.07, 6.45) is 0.267. The number of aryl methyl sites for hydroxylation is 2. The van der Waals surface area contributed by atoms with Gasteiger partial charge in [0.15, 0.2) is 11.3 Å². The van der Waals surface area contributed by atoms with Crippen molar-refractivity contribution in [3.63, 3.8) is 0 Å². The molecule has 3 aromatic rings. The number of phenolic OH excluding ortho intramolecular Hbond substituents is 3. The number of fused-ring (bicyclic) bond motifs is 4. The maximum atomic E-state index is 12.4. The van der Waals surface area contributed by atoms with Gasteiger partial charge in [-0.05, 0) is 43.2 Å². The maximum Gasteiger partial charge on any atom is 0.341 e. The zero-order chi connectivity index (χ0) is 17.2. The Hall–Kier alpha value is -2.60. The van der Waals surface area contributed by atoms with Crippen molar-refractivity contribution in [3.8, 4) is 17.2 Å². The molecule has 0 saturated heterocycles. The van der Waals surface area contributed by atoms with E-state index in [9.17, 15) is 20.1 Å². The standard InChI is InChI=1S/C18H14O5S/c1-7-3-11(19)9-6-10-17(24-13(9)4-7)14-8(2)5-12(20)15(21)16(14)23-18(10)22/h3-5,19-21H,6H2,1-2H3. The van der Waals surface area contributed by atoms with E-state index in [0.29, 0.717) is 27.0 Å². The molecule has 1 aliphatic rings. The quantitative estimate of drug-likeness (QED) is 0.334. The van der Waals surface area contributed by atoms with Gasteiger partial charge in [0.2, 0.25) is 5.75 Å². The van der Waals surface area contributed by atoms with Gasteiger partial charge in [-0.3, -0.25) is 0 Å². The van der Waals surface area contributed by atoms with Crippen LogP contribution in [0.25, 0.3) is 11.0 Å². The van der Waals surface area contributed by atoms with Crippen LogP contribution < -0.4 is 5.63 Å². The van der Waals surface area contributed by atoms with Gasteiger partial charge in [-0.15, -0.1) is 0 Å². The Morgan fingerprint density at radius 2 is 1.79 bits per heavy atom. The number of aromatic hydroxyl groups is 3. The van der Waals surface area contributed by atoms with Crippen LogP contribution >= 0.6 is 11.8 Å². The second-order valence-electron chi connectivity index (χ2n) is 6.00. The zero-order valence-corrected chi connectivity index (χ0v) is 13.8.